The summed E-state index contributed by atoms with van der Waals surface area (Å²) < 4.78 is 5.44. The molecule has 1 atom stereocenters. The average molecular weight is 518 g/mol. The number of piperazine rings is 1. The van der Waals surface area contributed by atoms with Crippen LogP contribution in [0.5, 0.6) is 0 Å². The summed E-state index contributed by atoms with van der Waals surface area (Å²) in [4.78, 5) is 19.9. The Morgan fingerprint density at radius 2 is 1.83 bits per heavy atom. The van der Waals surface area contributed by atoms with Crippen LogP contribution in [0.25, 0.3) is 5.70 Å². The smallest absolute Gasteiger partial charge is 0.225 e. The molecule has 35 heavy (non-hydrogen) atoms. The Hall–Kier alpha value is -1.93. The summed E-state index contributed by atoms with van der Waals surface area (Å²) in [5, 5.41) is 8.65. The van der Waals surface area contributed by atoms with E-state index in [4.69, 9.17) is 27.9 Å². The third-order valence-electron chi connectivity index (χ3n) is 7.87. The number of halogens is 2. The van der Waals surface area contributed by atoms with Gasteiger partial charge in [-0.25, -0.2) is 0 Å². The molecule has 1 aromatic carbocycles. The Labute approximate surface area is 217 Å². The fraction of sp³-hybridized carbons (Fsp3) is 0.577. The monoisotopic (exact) mass is 517 g/mol. The Balaban J connectivity index is 1.21. The van der Waals surface area contributed by atoms with Crippen LogP contribution in [0.2, 0.25) is 10.0 Å². The van der Waals surface area contributed by atoms with E-state index in [1.165, 1.54) is 24.2 Å². The number of allylic oxidation sites excluding steroid dienone is 1. The maximum absolute atomic E-state index is 13.0. The van der Waals surface area contributed by atoms with Crippen LogP contribution in [0.1, 0.15) is 31.2 Å². The van der Waals surface area contributed by atoms with Crippen molar-refractivity contribution in [2.45, 2.75) is 31.8 Å². The second-order valence-electron chi connectivity index (χ2n) is 10.2. The number of benzene rings is 1. The molecule has 1 aliphatic carbocycles. The van der Waals surface area contributed by atoms with Gasteiger partial charge < -0.3 is 25.2 Å². The summed E-state index contributed by atoms with van der Waals surface area (Å²) in [5.74, 6) is 1.10. The van der Waals surface area contributed by atoms with Gasteiger partial charge in [0.25, 0.3) is 0 Å². The zero-order valence-electron chi connectivity index (χ0n) is 19.9. The predicted molar refractivity (Wildman–Crippen MR) is 138 cm³/mol. The lowest BCUT2D eigenvalue weighted by Crippen LogP contribution is -2.52. The molecule has 4 heterocycles. The Kier molecular flexibility index (Phi) is 6.60. The van der Waals surface area contributed by atoms with Crippen LogP contribution in [-0.4, -0.2) is 79.3 Å². The number of nitrogens with zero attached hydrogens (tertiary/aromatic N) is 3. The van der Waals surface area contributed by atoms with Crippen molar-refractivity contribution < 1.29 is 9.53 Å². The first-order valence-corrected chi connectivity index (χ1v) is 13.6. The molecule has 1 aromatic rings. The Morgan fingerprint density at radius 3 is 2.54 bits per heavy atom. The second kappa shape index (κ2) is 9.85. The minimum absolute atomic E-state index is 0.128. The van der Waals surface area contributed by atoms with Gasteiger partial charge in [0.15, 0.2) is 0 Å². The van der Waals surface area contributed by atoms with Gasteiger partial charge in [0.1, 0.15) is 6.17 Å². The second-order valence-corrected chi connectivity index (χ2v) is 11.1. The fourth-order valence-electron chi connectivity index (χ4n) is 5.64. The lowest BCUT2D eigenvalue weighted by Gasteiger charge is -2.39. The number of carbonyl (C=O) groups is 1. The van der Waals surface area contributed by atoms with E-state index in [0.29, 0.717) is 35.1 Å². The van der Waals surface area contributed by atoms with E-state index >= 15 is 0 Å². The standard InChI is InChI=1S/C26H33Cl2N5O2/c27-19-3-4-20(21(28)13-19)25-23(33-15-22(17-1-2-17)29-14-24(33)30-25)16-31-7-9-32(10-8-31)26(34)18-5-11-35-12-6-18/h3-4,13,15,17-18,24,29-30H,1-2,5-12,14,16H2. The number of ether oxygens (including phenoxy) is 1. The zero-order chi connectivity index (χ0) is 23.9. The number of amides is 1. The molecular weight excluding hydrogens is 485 g/mol. The van der Waals surface area contributed by atoms with Crippen molar-refractivity contribution in [3.8, 4) is 0 Å². The van der Waals surface area contributed by atoms with Gasteiger partial charge in [-0.3, -0.25) is 9.69 Å². The molecule has 0 aromatic heterocycles. The van der Waals surface area contributed by atoms with E-state index in [1.807, 2.05) is 18.2 Å². The summed E-state index contributed by atoms with van der Waals surface area (Å²) in [5.41, 5.74) is 4.64. The topological polar surface area (TPSA) is 60.1 Å². The lowest BCUT2D eigenvalue weighted by atomic mass is 9.98. The van der Waals surface area contributed by atoms with E-state index in [-0.39, 0.29) is 12.1 Å². The number of hydrogen-bond acceptors (Lipinski definition) is 6. The van der Waals surface area contributed by atoms with Crippen LogP contribution in [0.3, 0.4) is 0 Å². The van der Waals surface area contributed by atoms with Crippen molar-refractivity contribution in [3.05, 3.63) is 51.4 Å². The van der Waals surface area contributed by atoms with Crippen molar-refractivity contribution in [2.75, 3.05) is 52.5 Å². The van der Waals surface area contributed by atoms with E-state index in [1.54, 1.807) is 0 Å². The summed E-state index contributed by atoms with van der Waals surface area (Å²) in [6, 6.07) is 5.72. The molecule has 9 heteroatoms. The van der Waals surface area contributed by atoms with E-state index < -0.39 is 0 Å². The summed E-state index contributed by atoms with van der Waals surface area (Å²) >= 11 is 12.9. The number of nitrogens with one attached hydrogen (secondary N) is 2. The maximum Gasteiger partial charge on any atom is 0.225 e. The number of fused-ring (bicyclic) bond motifs is 1. The van der Waals surface area contributed by atoms with Gasteiger partial charge >= 0.3 is 0 Å². The van der Waals surface area contributed by atoms with Crippen LogP contribution in [0.15, 0.2) is 35.8 Å². The highest BCUT2D eigenvalue weighted by molar-refractivity contribution is 6.35. The number of hydrogen-bond donors (Lipinski definition) is 2. The van der Waals surface area contributed by atoms with Gasteiger partial charge in [-0.2, -0.15) is 0 Å². The van der Waals surface area contributed by atoms with Gasteiger partial charge in [-0.05, 0) is 43.9 Å². The molecule has 2 saturated heterocycles. The third-order valence-corrected chi connectivity index (χ3v) is 8.42. The fourth-order valence-corrected chi connectivity index (χ4v) is 6.14. The summed E-state index contributed by atoms with van der Waals surface area (Å²) in [6.45, 7) is 6.38. The van der Waals surface area contributed by atoms with Gasteiger partial charge in [-0.1, -0.05) is 23.2 Å². The largest absolute Gasteiger partial charge is 0.383 e. The highest BCUT2D eigenvalue weighted by Gasteiger charge is 2.38. The van der Waals surface area contributed by atoms with E-state index in [2.05, 4.69) is 31.5 Å². The van der Waals surface area contributed by atoms with Crippen LogP contribution in [0.4, 0.5) is 0 Å². The minimum atomic E-state index is 0.128. The minimum Gasteiger partial charge on any atom is -0.383 e. The van der Waals surface area contributed by atoms with Crippen molar-refractivity contribution in [1.29, 1.82) is 0 Å². The zero-order valence-corrected chi connectivity index (χ0v) is 21.5. The van der Waals surface area contributed by atoms with Crippen molar-refractivity contribution >= 4 is 34.8 Å². The number of carbonyl (C=O) groups excluding carboxylic acids is 1. The summed E-state index contributed by atoms with van der Waals surface area (Å²) in [7, 11) is 0. The van der Waals surface area contributed by atoms with E-state index in [9.17, 15) is 4.79 Å². The molecule has 0 radical (unpaired) electrons. The highest BCUT2D eigenvalue weighted by Crippen LogP contribution is 2.40. The summed E-state index contributed by atoms with van der Waals surface area (Å²) in [6.07, 6.45) is 6.69. The highest BCUT2D eigenvalue weighted by atomic mass is 35.5. The molecule has 1 amide bonds. The van der Waals surface area contributed by atoms with Gasteiger partial charge in [0.05, 0.1) is 23.0 Å². The molecule has 5 aliphatic rings. The molecule has 4 aliphatic heterocycles. The molecule has 7 nitrogen and oxygen atoms in total. The molecule has 1 unspecified atom stereocenters. The molecular formula is C26H33Cl2N5O2. The Morgan fingerprint density at radius 1 is 1.06 bits per heavy atom. The van der Waals surface area contributed by atoms with Crippen molar-refractivity contribution in [3.63, 3.8) is 0 Å². The van der Waals surface area contributed by atoms with Crippen LogP contribution in [-0.2, 0) is 9.53 Å². The first-order valence-electron chi connectivity index (χ1n) is 12.8. The molecule has 188 valence electrons. The molecule has 3 fully saturated rings. The SMILES string of the molecule is O=C(C1CCOCC1)N1CCN(CC2=C(c3ccc(Cl)cc3Cl)NC3CNC(C4CC4)=CN23)CC1. The van der Waals surface area contributed by atoms with Crippen LogP contribution < -0.4 is 10.6 Å². The van der Waals surface area contributed by atoms with Gasteiger partial charge in [-0.15, -0.1) is 0 Å². The molecule has 2 N–H and O–H groups in total. The average Bonchev–Trinajstić information content (AvgIpc) is 3.67. The normalized spacial score (nSPS) is 25.8. The molecule has 0 spiro atoms. The van der Waals surface area contributed by atoms with Crippen LogP contribution >= 0.6 is 23.2 Å². The molecule has 1 saturated carbocycles. The van der Waals surface area contributed by atoms with Crippen molar-refractivity contribution in [1.82, 2.24) is 25.3 Å². The maximum atomic E-state index is 13.0. The quantitative estimate of drug-likeness (QED) is 0.624. The van der Waals surface area contributed by atoms with Crippen molar-refractivity contribution in [2.24, 2.45) is 11.8 Å². The Bertz CT molecular complexity index is 1040. The first-order chi connectivity index (χ1) is 17.1. The lowest BCUT2D eigenvalue weighted by molar-refractivity contribution is -0.140. The molecule has 6 rings (SSSR count). The van der Waals surface area contributed by atoms with E-state index in [0.717, 1.165) is 63.4 Å². The van der Waals surface area contributed by atoms with Gasteiger partial charge in [0.2, 0.25) is 5.91 Å². The van der Waals surface area contributed by atoms with Gasteiger partial charge in [0, 0.05) is 80.3 Å². The third kappa shape index (κ3) is 4.88. The number of rotatable bonds is 5. The first kappa shape index (κ1) is 23.5. The van der Waals surface area contributed by atoms with Crippen LogP contribution in [0, 0.1) is 11.8 Å². The predicted octanol–water partition coefficient (Wildman–Crippen LogP) is 3.32. The molecule has 0 bridgehead atoms.